The second kappa shape index (κ2) is 8.89. The van der Waals surface area contributed by atoms with E-state index in [1.54, 1.807) is 30.3 Å². The van der Waals surface area contributed by atoms with E-state index in [1.807, 2.05) is 12.2 Å². The molecule has 3 rings (SSSR count). The topological polar surface area (TPSA) is 122 Å². The maximum absolute atomic E-state index is 12.6. The zero-order valence-electron chi connectivity index (χ0n) is 16.7. The van der Waals surface area contributed by atoms with Crippen LogP contribution in [0.15, 0.2) is 42.5 Å². The zero-order valence-corrected chi connectivity index (χ0v) is 16.7. The molecule has 0 radical (unpaired) electrons. The molecule has 4 amide bonds. The Bertz CT molecular complexity index is 871. The lowest BCUT2D eigenvalue weighted by atomic mass is 9.85. The van der Waals surface area contributed by atoms with Crippen molar-refractivity contribution in [3.8, 4) is 0 Å². The Morgan fingerprint density at radius 1 is 0.967 bits per heavy atom. The number of esters is 1. The van der Waals surface area contributed by atoms with Gasteiger partial charge in [0, 0.05) is 5.56 Å². The fourth-order valence-corrected chi connectivity index (χ4v) is 3.52. The lowest BCUT2D eigenvalue weighted by Crippen LogP contribution is -2.49. The number of nitrogens with zero attached hydrogens (tertiary/aromatic N) is 1. The number of amides is 4. The fourth-order valence-electron chi connectivity index (χ4n) is 3.52. The first-order valence-corrected chi connectivity index (χ1v) is 9.69. The molecule has 158 valence electrons. The third kappa shape index (κ3) is 4.24. The Balaban J connectivity index is 1.53. The van der Waals surface area contributed by atoms with Crippen LogP contribution in [0.4, 0.5) is 0 Å². The van der Waals surface area contributed by atoms with Crippen molar-refractivity contribution >= 4 is 29.6 Å². The first-order chi connectivity index (χ1) is 14.3. The molecule has 0 bridgehead atoms. The summed E-state index contributed by atoms with van der Waals surface area (Å²) in [6.07, 6.45) is 3.40. The Labute approximate surface area is 173 Å². The van der Waals surface area contributed by atoms with Crippen molar-refractivity contribution in [1.82, 2.24) is 15.8 Å². The van der Waals surface area contributed by atoms with Crippen molar-refractivity contribution in [2.24, 2.45) is 11.8 Å². The summed E-state index contributed by atoms with van der Waals surface area (Å²) < 4.78 is 5.11. The van der Waals surface area contributed by atoms with Crippen LogP contribution in [0, 0.1) is 11.8 Å². The van der Waals surface area contributed by atoms with E-state index < -0.39 is 53.6 Å². The van der Waals surface area contributed by atoms with Crippen molar-refractivity contribution in [3.63, 3.8) is 0 Å². The molecular weight excluding hydrogens is 390 g/mol. The number of hydrogen-bond acceptors (Lipinski definition) is 6. The number of ether oxygens (including phenoxy) is 1. The lowest BCUT2D eigenvalue weighted by Gasteiger charge is -2.23. The minimum Gasteiger partial charge on any atom is -0.451 e. The van der Waals surface area contributed by atoms with Gasteiger partial charge in [0.1, 0.15) is 6.04 Å². The van der Waals surface area contributed by atoms with Crippen molar-refractivity contribution < 1.29 is 28.7 Å². The molecule has 0 spiro atoms. The molecule has 1 aliphatic carbocycles. The predicted octanol–water partition coefficient (Wildman–Crippen LogP) is 0.719. The smallest absolute Gasteiger partial charge is 0.329 e. The number of hydrazine groups is 1. The summed E-state index contributed by atoms with van der Waals surface area (Å²) in [4.78, 5) is 62.6. The Morgan fingerprint density at radius 2 is 1.53 bits per heavy atom. The van der Waals surface area contributed by atoms with Gasteiger partial charge >= 0.3 is 5.97 Å². The molecular formula is C21H23N3O6. The van der Waals surface area contributed by atoms with Crippen molar-refractivity contribution in [1.29, 1.82) is 0 Å². The summed E-state index contributed by atoms with van der Waals surface area (Å²) in [5.41, 5.74) is 4.76. The number of imide groups is 1. The first kappa shape index (κ1) is 21.2. The molecule has 9 nitrogen and oxygen atoms in total. The highest BCUT2D eigenvalue weighted by Crippen LogP contribution is 2.36. The van der Waals surface area contributed by atoms with Crippen molar-refractivity contribution in [3.05, 3.63) is 48.0 Å². The molecule has 1 aromatic rings. The van der Waals surface area contributed by atoms with Gasteiger partial charge in [-0.2, -0.15) is 0 Å². The molecule has 4 atom stereocenters. The van der Waals surface area contributed by atoms with Crippen molar-refractivity contribution in [2.45, 2.75) is 38.8 Å². The van der Waals surface area contributed by atoms with Crippen LogP contribution in [0.25, 0.3) is 0 Å². The van der Waals surface area contributed by atoms with E-state index in [4.69, 9.17) is 4.74 Å². The van der Waals surface area contributed by atoms with Gasteiger partial charge in [-0.3, -0.25) is 34.9 Å². The molecule has 1 fully saturated rings. The van der Waals surface area contributed by atoms with E-state index in [1.165, 1.54) is 13.8 Å². The molecule has 9 heteroatoms. The second-order valence-corrected chi connectivity index (χ2v) is 7.27. The number of allylic oxidation sites excluding steroid dienone is 2. The average molecular weight is 413 g/mol. The number of benzene rings is 1. The summed E-state index contributed by atoms with van der Waals surface area (Å²) in [6, 6.07) is 7.10. The van der Waals surface area contributed by atoms with E-state index in [0.29, 0.717) is 18.4 Å². The number of carbonyl (C=O) groups is 5. The van der Waals surface area contributed by atoms with E-state index in [2.05, 4.69) is 10.9 Å². The maximum atomic E-state index is 12.6. The quantitative estimate of drug-likeness (QED) is 0.317. The van der Waals surface area contributed by atoms with Gasteiger partial charge in [0.05, 0.1) is 11.8 Å². The second-order valence-electron chi connectivity index (χ2n) is 7.27. The summed E-state index contributed by atoms with van der Waals surface area (Å²) in [6.45, 7) is 2.72. The first-order valence-electron chi connectivity index (χ1n) is 9.69. The van der Waals surface area contributed by atoms with Gasteiger partial charge < -0.3 is 4.74 Å². The van der Waals surface area contributed by atoms with Crippen LogP contribution in [0.3, 0.4) is 0 Å². The van der Waals surface area contributed by atoms with Crippen LogP contribution in [0.1, 0.15) is 37.0 Å². The average Bonchev–Trinajstić information content (AvgIpc) is 3.02. The Morgan fingerprint density at radius 3 is 2.10 bits per heavy atom. The molecule has 0 unspecified atom stereocenters. The van der Waals surface area contributed by atoms with Crippen LogP contribution in [0.5, 0.6) is 0 Å². The van der Waals surface area contributed by atoms with Gasteiger partial charge in [-0.05, 0) is 38.8 Å². The van der Waals surface area contributed by atoms with Crippen LogP contribution >= 0.6 is 0 Å². The number of likely N-dealkylation sites (tertiary alicyclic amines) is 1. The normalized spacial score (nSPS) is 22.1. The van der Waals surface area contributed by atoms with Crippen LogP contribution in [-0.4, -0.2) is 46.6 Å². The molecule has 1 saturated heterocycles. The maximum Gasteiger partial charge on any atom is 0.329 e. The number of rotatable bonds is 5. The lowest BCUT2D eigenvalue weighted by molar-refractivity contribution is -0.164. The molecule has 1 aromatic carbocycles. The molecule has 0 aromatic heterocycles. The van der Waals surface area contributed by atoms with Gasteiger partial charge in [0.25, 0.3) is 11.8 Å². The highest BCUT2D eigenvalue weighted by atomic mass is 16.5. The highest BCUT2D eigenvalue weighted by Gasteiger charge is 2.50. The summed E-state index contributed by atoms with van der Waals surface area (Å²) in [7, 11) is 0. The minimum atomic E-state index is -1.24. The van der Waals surface area contributed by atoms with E-state index in [0.717, 1.165) is 4.90 Å². The van der Waals surface area contributed by atoms with E-state index in [9.17, 15) is 24.0 Å². The molecule has 1 aliphatic heterocycles. The zero-order chi connectivity index (χ0) is 21.8. The molecule has 2 N–H and O–H groups in total. The Hall–Kier alpha value is -3.49. The Kier molecular flexibility index (Phi) is 6.29. The molecule has 1 heterocycles. The van der Waals surface area contributed by atoms with E-state index in [-0.39, 0.29) is 0 Å². The minimum absolute atomic E-state index is 0.345. The summed E-state index contributed by atoms with van der Waals surface area (Å²) >= 11 is 0. The third-order valence-electron chi connectivity index (χ3n) is 5.27. The van der Waals surface area contributed by atoms with Gasteiger partial charge in [0.15, 0.2) is 6.10 Å². The van der Waals surface area contributed by atoms with Crippen LogP contribution in [-0.2, 0) is 23.9 Å². The molecule has 0 saturated carbocycles. The molecule has 30 heavy (non-hydrogen) atoms. The monoisotopic (exact) mass is 413 g/mol. The van der Waals surface area contributed by atoms with Crippen molar-refractivity contribution in [2.75, 3.05) is 0 Å². The highest BCUT2D eigenvalue weighted by molar-refractivity contribution is 6.08. The fraction of sp³-hybridized carbons (Fsp3) is 0.381. The van der Waals surface area contributed by atoms with Gasteiger partial charge in [-0.15, -0.1) is 0 Å². The molecule has 2 aliphatic rings. The number of fused-ring (bicyclic) bond motifs is 1. The largest absolute Gasteiger partial charge is 0.451 e. The van der Waals surface area contributed by atoms with E-state index >= 15 is 0 Å². The number of hydrogen-bond donors (Lipinski definition) is 2. The third-order valence-corrected chi connectivity index (χ3v) is 5.27. The SMILES string of the molecule is C[C@H](OC(=O)[C@H](C)N1C(=O)[C@H]2CC=CC[C@@H]2C1=O)C(=O)NNC(=O)c1ccccc1. The summed E-state index contributed by atoms with van der Waals surface area (Å²) in [5, 5.41) is 0. The van der Waals surface area contributed by atoms with Crippen LogP contribution in [0.2, 0.25) is 0 Å². The number of nitrogens with one attached hydrogen (secondary N) is 2. The van der Waals surface area contributed by atoms with Crippen LogP contribution < -0.4 is 10.9 Å². The van der Waals surface area contributed by atoms with Gasteiger partial charge in [-0.1, -0.05) is 30.4 Å². The van der Waals surface area contributed by atoms with Gasteiger partial charge in [0.2, 0.25) is 11.8 Å². The predicted molar refractivity (Wildman–Crippen MR) is 104 cm³/mol. The summed E-state index contributed by atoms with van der Waals surface area (Å²) in [5.74, 6) is -3.85. The number of carbonyl (C=O) groups excluding carboxylic acids is 5. The standard InChI is InChI=1S/C21H23N3O6/c1-12(24-19(27)15-10-6-7-11-16(15)20(24)28)21(29)30-13(2)17(25)22-23-18(26)14-8-4-3-5-9-14/h3-9,12-13,15-16H,10-11H2,1-2H3,(H,22,25)(H,23,26)/t12-,13-,15-,16-/m0/s1. The van der Waals surface area contributed by atoms with Gasteiger partial charge in [-0.25, -0.2) is 4.79 Å².